The number of azide groups is 1. The molecule has 2 unspecified atom stereocenters. The average Bonchev–Trinajstić information content (AvgIpc) is 2.94. The van der Waals surface area contributed by atoms with Gasteiger partial charge < -0.3 is 0 Å². The summed E-state index contributed by atoms with van der Waals surface area (Å²) in [6.45, 7) is 0. The summed E-state index contributed by atoms with van der Waals surface area (Å²) < 4.78 is 0. The zero-order chi connectivity index (χ0) is 11.1. The predicted octanol–water partition coefficient (Wildman–Crippen LogP) is 2.86. The Morgan fingerprint density at radius 3 is 3.00 bits per heavy atom. The number of carbonyl (C=O) groups is 1. The number of ketones is 1. The van der Waals surface area contributed by atoms with Crippen LogP contribution >= 0.6 is 0 Å². The summed E-state index contributed by atoms with van der Waals surface area (Å²) in [6.07, 6.45) is 8.30. The maximum Gasteiger partial charge on any atom is 0.139 e. The fraction of sp³-hybridized carbons (Fsp3) is 0.750. The van der Waals surface area contributed by atoms with Crippen molar-refractivity contribution in [1.29, 1.82) is 0 Å². The number of hydrogen-bond donors (Lipinski definition) is 0. The predicted molar refractivity (Wildman–Crippen MR) is 59.5 cm³/mol. The van der Waals surface area contributed by atoms with Gasteiger partial charge in [0.2, 0.25) is 0 Å². The van der Waals surface area contributed by atoms with Gasteiger partial charge >= 0.3 is 0 Å². The summed E-state index contributed by atoms with van der Waals surface area (Å²) >= 11 is 0. The third kappa shape index (κ3) is 1.30. The van der Waals surface area contributed by atoms with Gasteiger partial charge in [-0.25, -0.2) is 0 Å². The van der Waals surface area contributed by atoms with Crippen LogP contribution in [-0.2, 0) is 4.79 Å². The third-order valence-electron chi connectivity index (χ3n) is 4.54. The van der Waals surface area contributed by atoms with Crippen molar-refractivity contribution >= 4 is 5.78 Å². The molecule has 2 bridgehead atoms. The number of carbonyl (C=O) groups excluding carboxylic acids is 1. The molecule has 0 aliphatic heterocycles. The van der Waals surface area contributed by atoms with Crippen LogP contribution in [0, 0.1) is 23.7 Å². The smallest absolute Gasteiger partial charge is 0.139 e. The summed E-state index contributed by atoms with van der Waals surface area (Å²) in [5.41, 5.74) is 8.52. The number of rotatable bonds is 2. The molecule has 3 rings (SSSR count). The molecule has 0 N–H and O–H groups in total. The first-order chi connectivity index (χ1) is 7.81. The lowest BCUT2D eigenvalue weighted by atomic mass is 9.76. The van der Waals surface area contributed by atoms with E-state index in [-0.39, 0.29) is 17.9 Å². The van der Waals surface area contributed by atoms with Crippen molar-refractivity contribution in [2.75, 3.05) is 0 Å². The van der Waals surface area contributed by atoms with E-state index in [0.29, 0.717) is 17.6 Å². The molecule has 4 nitrogen and oxygen atoms in total. The molecule has 0 aromatic carbocycles. The first kappa shape index (κ1) is 9.91. The van der Waals surface area contributed by atoms with Crippen LogP contribution in [-0.4, -0.2) is 11.8 Å². The van der Waals surface area contributed by atoms with Crippen molar-refractivity contribution < 1.29 is 4.79 Å². The number of nitrogens with zero attached hydrogens (tertiary/aromatic N) is 3. The molecule has 16 heavy (non-hydrogen) atoms. The highest BCUT2D eigenvalue weighted by Crippen LogP contribution is 2.51. The Kier molecular flexibility index (Phi) is 2.25. The number of Topliss-reactive ketones (excluding diaryl/α,β-unsaturated/α-hetero) is 1. The van der Waals surface area contributed by atoms with E-state index in [1.54, 1.807) is 0 Å². The molecule has 0 saturated heterocycles. The van der Waals surface area contributed by atoms with Gasteiger partial charge in [-0.2, -0.15) is 0 Å². The normalized spacial score (nSPS) is 45.0. The molecule has 0 amide bonds. The minimum absolute atomic E-state index is 0.0849. The van der Waals surface area contributed by atoms with Gasteiger partial charge in [-0.15, -0.1) is 0 Å². The van der Waals surface area contributed by atoms with E-state index in [0.717, 1.165) is 19.3 Å². The van der Waals surface area contributed by atoms with Gasteiger partial charge in [0.05, 0.1) is 6.04 Å². The molecule has 2 fully saturated rings. The van der Waals surface area contributed by atoms with Crippen LogP contribution in [0.3, 0.4) is 0 Å². The van der Waals surface area contributed by atoms with Crippen molar-refractivity contribution in [2.24, 2.45) is 28.8 Å². The second-order valence-electron chi connectivity index (χ2n) is 5.22. The highest BCUT2D eigenvalue weighted by Gasteiger charge is 2.51. The maximum absolute atomic E-state index is 12.1. The molecular formula is C12H15N3O. The molecule has 3 aliphatic carbocycles. The van der Waals surface area contributed by atoms with E-state index < -0.39 is 0 Å². The van der Waals surface area contributed by atoms with Crippen molar-refractivity contribution in [3.63, 3.8) is 0 Å². The highest BCUT2D eigenvalue weighted by atomic mass is 16.1. The summed E-state index contributed by atoms with van der Waals surface area (Å²) in [4.78, 5) is 15.0. The number of hydrogen-bond acceptors (Lipinski definition) is 2. The quantitative estimate of drug-likeness (QED) is 0.303. The van der Waals surface area contributed by atoms with Crippen molar-refractivity contribution in [1.82, 2.24) is 0 Å². The lowest BCUT2D eigenvalue weighted by molar-refractivity contribution is -0.127. The van der Waals surface area contributed by atoms with Gasteiger partial charge in [0.15, 0.2) is 0 Å². The second kappa shape index (κ2) is 3.63. The van der Waals surface area contributed by atoms with Crippen LogP contribution in [0.15, 0.2) is 17.3 Å². The SMILES string of the molecule is [N-]=[N+]=NC1C=CCC1[C@H]1C(=O)[C@H]2CC[C@@H]1C2. The molecule has 0 heterocycles. The third-order valence-corrected chi connectivity index (χ3v) is 4.54. The molecule has 5 atom stereocenters. The van der Waals surface area contributed by atoms with Crippen LogP contribution in [0.5, 0.6) is 0 Å². The maximum atomic E-state index is 12.1. The fourth-order valence-corrected chi connectivity index (χ4v) is 3.87. The van der Waals surface area contributed by atoms with Gasteiger partial charge in [-0.3, -0.25) is 4.79 Å². The number of fused-ring (bicyclic) bond motifs is 2. The first-order valence-electron chi connectivity index (χ1n) is 6.06. The Labute approximate surface area is 94.3 Å². The monoisotopic (exact) mass is 217 g/mol. The second-order valence-corrected chi connectivity index (χ2v) is 5.22. The topological polar surface area (TPSA) is 65.8 Å². The van der Waals surface area contributed by atoms with E-state index in [4.69, 9.17) is 5.53 Å². The van der Waals surface area contributed by atoms with Gasteiger partial charge in [0.1, 0.15) is 5.78 Å². The molecular weight excluding hydrogens is 202 g/mol. The van der Waals surface area contributed by atoms with Crippen LogP contribution in [0.4, 0.5) is 0 Å². The molecule has 0 aromatic heterocycles. The van der Waals surface area contributed by atoms with Crippen LogP contribution < -0.4 is 0 Å². The Bertz CT molecular complexity index is 397. The van der Waals surface area contributed by atoms with Crippen molar-refractivity contribution in [3.05, 3.63) is 22.6 Å². The first-order valence-corrected chi connectivity index (χ1v) is 6.06. The van der Waals surface area contributed by atoms with Crippen LogP contribution in [0.2, 0.25) is 0 Å². The fourth-order valence-electron chi connectivity index (χ4n) is 3.87. The molecule has 84 valence electrons. The van der Waals surface area contributed by atoms with Gasteiger partial charge in [0.25, 0.3) is 0 Å². The Hall–Kier alpha value is -1.28. The highest BCUT2D eigenvalue weighted by molar-refractivity contribution is 5.87. The zero-order valence-corrected chi connectivity index (χ0v) is 9.12. The average molecular weight is 217 g/mol. The summed E-state index contributed by atoms with van der Waals surface area (Å²) in [6, 6.07) is -0.0849. The molecule has 0 aromatic rings. The van der Waals surface area contributed by atoms with E-state index in [1.807, 2.05) is 6.08 Å². The summed E-state index contributed by atoms with van der Waals surface area (Å²) in [5.74, 6) is 1.76. The van der Waals surface area contributed by atoms with E-state index in [9.17, 15) is 4.79 Å². The molecule has 2 saturated carbocycles. The van der Waals surface area contributed by atoms with E-state index in [1.165, 1.54) is 6.42 Å². The van der Waals surface area contributed by atoms with Crippen LogP contribution in [0.25, 0.3) is 10.4 Å². The summed E-state index contributed by atoms with van der Waals surface area (Å²) in [7, 11) is 0. The lowest BCUT2D eigenvalue weighted by Gasteiger charge is -2.28. The molecule has 3 aliphatic rings. The standard InChI is InChI=1S/C12H15N3O/c13-15-14-10-3-1-2-9(10)11-7-4-5-8(6-7)12(11)16/h1,3,7-11H,2,4-6H2/t7-,8+,9?,10?,11+/m1/s1. The largest absolute Gasteiger partial charge is 0.299 e. The van der Waals surface area contributed by atoms with Gasteiger partial charge in [-0.1, -0.05) is 17.3 Å². The Morgan fingerprint density at radius 1 is 1.44 bits per heavy atom. The molecule has 4 heteroatoms. The minimum Gasteiger partial charge on any atom is -0.299 e. The number of allylic oxidation sites excluding steroid dienone is 1. The van der Waals surface area contributed by atoms with Crippen molar-refractivity contribution in [3.8, 4) is 0 Å². The molecule has 0 spiro atoms. The van der Waals surface area contributed by atoms with E-state index in [2.05, 4.69) is 16.1 Å². The Morgan fingerprint density at radius 2 is 2.31 bits per heavy atom. The summed E-state index contributed by atoms with van der Waals surface area (Å²) in [5, 5.41) is 3.81. The zero-order valence-electron chi connectivity index (χ0n) is 9.12. The minimum atomic E-state index is -0.0849. The van der Waals surface area contributed by atoms with Gasteiger partial charge in [0, 0.05) is 16.7 Å². The molecule has 0 radical (unpaired) electrons. The Balaban J connectivity index is 1.83. The van der Waals surface area contributed by atoms with E-state index >= 15 is 0 Å². The van der Waals surface area contributed by atoms with Crippen LogP contribution in [0.1, 0.15) is 25.7 Å². The van der Waals surface area contributed by atoms with Gasteiger partial charge in [-0.05, 0) is 43.1 Å². The lowest BCUT2D eigenvalue weighted by Crippen LogP contribution is -2.33. The van der Waals surface area contributed by atoms with Crippen molar-refractivity contribution in [2.45, 2.75) is 31.7 Å².